The number of hydrogen-bond acceptors (Lipinski definition) is 2. The average Bonchev–Trinajstić information content (AvgIpc) is 2.47. The molecule has 0 aromatic carbocycles. The fraction of sp³-hybridized carbons (Fsp3) is 0.938. The number of carbonyl (C=O) groups excluding carboxylic acids is 1. The third kappa shape index (κ3) is 4.79. The largest absolute Gasteiger partial charge is 0.352 e. The van der Waals surface area contributed by atoms with Crippen LogP contribution in [0.2, 0.25) is 0 Å². The van der Waals surface area contributed by atoms with E-state index in [2.05, 4.69) is 17.6 Å². The normalized spacial score (nSPS) is 26.9. The lowest BCUT2D eigenvalue weighted by Gasteiger charge is -2.28. The van der Waals surface area contributed by atoms with Gasteiger partial charge in [-0.25, -0.2) is 0 Å². The van der Waals surface area contributed by atoms with Crippen molar-refractivity contribution in [3.63, 3.8) is 0 Å². The van der Waals surface area contributed by atoms with Gasteiger partial charge in [0.1, 0.15) is 0 Å². The zero-order valence-corrected chi connectivity index (χ0v) is 12.4. The maximum Gasteiger partial charge on any atom is 0.223 e. The predicted octanol–water partition coefficient (Wildman–Crippen LogP) is 2.85. The summed E-state index contributed by atoms with van der Waals surface area (Å²) in [4.78, 5) is 12.4. The van der Waals surface area contributed by atoms with Gasteiger partial charge in [0.25, 0.3) is 0 Å². The summed E-state index contributed by atoms with van der Waals surface area (Å²) < 4.78 is 0. The van der Waals surface area contributed by atoms with Gasteiger partial charge in [-0.3, -0.25) is 4.79 Å². The zero-order valence-electron chi connectivity index (χ0n) is 12.4. The van der Waals surface area contributed by atoms with Crippen molar-refractivity contribution < 1.29 is 4.79 Å². The van der Waals surface area contributed by atoms with Crippen LogP contribution in [0.25, 0.3) is 0 Å². The van der Waals surface area contributed by atoms with E-state index in [9.17, 15) is 4.79 Å². The lowest BCUT2D eigenvalue weighted by atomic mass is 9.81. The molecular formula is C16H30N2O. The van der Waals surface area contributed by atoms with Crippen LogP contribution in [-0.4, -0.2) is 25.0 Å². The van der Waals surface area contributed by atoms with Crippen LogP contribution in [0.5, 0.6) is 0 Å². The van der Waals surface area contributed by atoms with Crippen molar-refractivity contribution in [2.75, 3.05) is 13.1 Å². The summed E-state index contributed by atoms with van der Waals surface area (Å²) in [6, 6.07) is 0.363. The van der Waals surface area contributed by atoms with E-state index in [0.29, 0.717) is 11.9 Å². The topological polar surface area (TPSA) is 41.1 Å². The van der Waals surface area contributed by atoms with Crippen molar-refractivity contribution in [3.05, 3.63) is 0 Å². The van der Waals surface area contributed by atoms with E-state index in [-0.39, 0.29) is 5.92 Å². The minimum atomic E-state index is 0.241. The van der Waals surface area contributed by atoms with Crippen molar-refractivity contribution in [2.45, 2.75) is 70.8 Å². The van der Waals surface area contributed by atoms with Crippen molar-refractivity contribution in [2.24, 2.45) is 11.8 Å². The fourth-order valence-corrected chi connectivity index (χ4v) is 3.58. The third-order valence-electron chi connectivity index (χ3n) is 4.85. The van der Waals surface area contributed by atoms with E-state index in [1.165, 1.54) is 38.5 Å². The molecule has 0 aromatic heterocycles. The smallest absolute Gasteiger partial charge is 0.223 e. The molecule has 1 saturated heterocycles. The van der Waals surface area contributed by atoms with Crippen molar-refractivity contribution in [1.29, 1.82) is 0 Å². The Kier molecular flexibility index (Phi) is 6.15. The Balaban J connectivity index is 1.76. The molecule has 2 unspecified atom stereocenters. The summed E-state index contributed by atoms with van der Waals surface area (Å²) in [6.45, 7) is 4.21. The van der Waals surface area contributed by atoms with Gasteiger partial charge in [0.05, 0.1) is 0 Å². The van der Waals surface area contributed by atoms with Crippen LogP contribution in [0.15, 0.2) is 0 Å². The molecule has 0 spiro atoms. The molecule has 19 heavy (non-hydrogen) atoms. The van der Waals surface area contributed by atoms with E-state index < -0.39 is 0 Å². The molecule has 1 aliphatic carbocycles. The highest BCUT2D eigenvalue weighted by atomic mass is 16.1. The maximum atomic E-state index is 12.4. The van der Waals surface area contributed by atoms with Crippen molar-refractivity contribution in [3.8, 4) is 0 Å². The molecule has 0 aromatic rings. The van der Waals surface area contributed by atoms with Crippen LogP contribution in [-0.2, 0) is 4.79 Å². The minimum Gasteiger partial charge on any atom is -0.352 e. The molecule has 0 bridgehead atoms. The lowest BCUT2D eigenvalue weighted by molar-refractivity contribution is -0.126. The molecule has 3 heteroatoms. The molecule has 2 atom stereocenters. The van der Waals surface area contributed by atoms with Gasteiger partial charge in [-0.1, -0.05) is 39.0 Å². The van der Waals surface area contributed by atoms with Gasteiger partial charge in [-0.2, -0.15) is 0 Å². The van der Waals surface area contributed by atoms with Crippen LogP contribution in [0, 0.1) is 11.8 Å². The van der Waals surface area contributed by atoms with Gasteiger partial charge in [-0.05, 0) is 38.1 Å². The highest BCUT2D eigenvalue weighted by molar-refractivity contribution is 5.78. The first kappa shape index (κ1) is 14.8. The Morgan fingerprint density at radius 3 is 2.63 bits per heavy atom. The van der Waals surface area contributed by atoms with Gasteiger partial charge in [0.2, 0.25) is 5.91 Å². The second kappa shape index (κ2) is 7.88. The monoisotopic (exact) mass is 266 g/mol. The average molecular weight is 266 g/mol. The predicted molar refractivity (Wildman–Crippen MR) is 79.0 cm³/mol. The minimum absolute atomic E-state index is 0.241. The summed E-state index contributed by atoms with van der Waals surface area (Å²) in [5.41, 5.74) is 0. The molecule has 2 N–H and O–H groups in total. The summed E-state index contributed by atoms with van der Waals surface area (Å²) >= 11 is 0. The van der Waals surface area contributed by atoms with Crippen molar-refractivity contribution >= 4 is 5.91 Å². The first-order chi connectivity index (χ1) is 9.29. The Bertz CT molecular complexity index is 268. The third-order valence-corrected chi connectivity index (χ3v) is 4.85. The number of carbonyl (C=O) groups is 1. The highest BCUT2D eigenvalue weighted by Crippen LogP contribution is 2.30. The molecule has 2 rings (SSSR count). The molecule has 0 radical (unpaired) electrons. The fourth-order valence-electron chi connectivity index (χ4n) is 3.58. The molecule has 1 heterocycles. The first-order valence-electron chi connectivity index (χ1n) is 8.30. The van der Waals surface area contributed by atoms with E-state index in [1.807, 2.05) is 0 Å². The van der Waals surface area contributed by atoms with Gasteiger partial charge in [0.15, 0.2) is 0 Å². The van der Waals surface area contributed by atoms with Crippen molar-refractivity contribution in [1.82, 2.24) is 10.6 Å². The quantitative estimate of drug-likeness (QED) is 0.803. The second-order valence-electron chi connectivity index (χ2n) is 6.40. The SMILES string of the molecule is CCC(CC1CCCCC1)C(=O)NC1CCCNC1. The first-order valence-corrected chi connectivity index (χ1v) is 8.30. The molecule has 1 amide bonds. The van der Waals surface area contributed by atoms with Gasteiger partial charge < -0.3 is 10.6 Å². The maximum absolute atomic E-state index is 12.4. The Morgan fingerprint density at radius 2 is 2.00 bits per heavy atom. The van der Waals surface area contributed by atoms with E-state index in [0.717, 1.165) is 38.3 Å². The van der Waals surface area contributed by atoms with Crippen LogP contribution >= 0.6 is 0 Å². The number of piperidine rings is 1. The van der Waals surface area contributed by atoms with E-state index >= 15 is 0 Å². The van der Waals surface area contributed by atoms with Gasteiger partial charge in [-0.15, -0.1) is 0 Å². The number of amides is 1. The van der Waals surface area contributed by atoms with Crippen LogP contribution < -0.4 is 10.6 Å². The summed E-state index contributed by atoms with van der Waals surface area (Å²) in [5, 5.41) is 6.62. The number of rotatable bonds is 5. The summed E-state index contributed by atoms with van der Waals surface area (Å²) in [6.07, 6.45) is 11.2. The molecule has 3 nitrogen and oxygen atoms in total. The number of hydrogen-bond donors (Lipinski definition) is 2. The van der Waals surface area contributed by atoms with Gasteiger partial charge in [0, 0.05) is 18.5 Å². The Morgan fingerprint density at radius 1 is 1.21 bits per heavy atom. The lowest BCUT2D eigenvalue weighted by Crippen LogP contribution is -2.47. The van der Waals surface area contributed by atoms with Gasteiger partial charge >= 0.3 is 0 Å². The zero-order chi connectivity index (χ0) is 13.5. The standard InChI is InChI=1S/C16H30N2O/c1-2-14(11-13-7-4-3-5-8-13)16(19)18-15-9-6-10-17-12-15/h13-15,17H,2-12H2,1H3,(H,18,19). The second-order valence-corrected chi connectivity index (χ2v) is 6.40. The number of nitrogens with one attached hydrogen (secondary N) is 2. The molecular weight excluding hydrogens is 236 g/mol. The summed E-state index contributed by atoms with van der Waals surface area (Å²) in [7, 11) is 0. The molecule has 2 aliphatic rings. The molecule has 110 valence electrons. The Labute approximate surface area is 117 Å². The van der Waals surface area contributed by atoms with Crippen LogP contribution in [0.3, 0.4) is 0 Å². The van der Waals surface area contributed by atoms with E-state index in [1.54, 1.807) is 0 Å². The summed E-state index contributed by atoms with van der Waals surface area (Å²) in [5.74, 6) is 1.35. The van der Waals surface area contributed by atoms with E-state index in [4.69, 9.17) is 0 Å². The molecule has 1 aliphatic heterocycles. The van der Waals surface area contributed by atoms with Crippen LogP contribution in [0.4, 0.5) is 0 Å². The Hall–Kier alpha value is -0.570. The molecule has 2 fully saturated rings. The highest BCUT2D eigenvalue weighted by Gasteiger charge is 2.25. The van der Waals surface area contributed by atoms with Crippen LogP contribution in [0.1, 0.15) is 64.7 Å². The molecule has 1 saturated carbocycles.